The van der Waals surface area contributed by atoms with Gasteiger partial charge in [-0.25, -0.2) is 0 Å². The molecule has 0 radical (unpaired) electrons. The second-order valence-electron chi connectivity index (χ2n) is 3.25. The lowest BCUT2D eigenvalue weighted by Gasteiger charge is -2.10. The molecule has 78 valence electrons. The van der Waals surface area contributed by atoms with E-state index < -0.39 is 6.10 Å². The van der Waals surface area contributed by atoms with Gasteiger partial charge in [-0.3, -0.25) is 0 Å². The summed E-state index contributed by atoms with van der Waals surface area (Å²) in [6.45, 7) is 0. The predicted octanol–water partition coefficient (Wildman–Crippen LogP) is 3.51. The summed E-state index contributed by atoms with van der Waals surface area (Å²) in [5.74, 6) is 0. The summed E-state index contributed by atoms with van der Waals surface area (Å²) in [6.07, 6.45) is 2.89. The van der Waals surface area contributed by atoms with E-state index >= 15 is 0 Å². The van der Waals surface area contributed by atoms with Crippen LogP contribution in [-0.2, 0) is 0 Å². The van der Waals surface area contributed by atoms with Crippen molar-refractivity contribution in [2.24, 2.45) is 0 Å². The number of nitrogens with one attached hydrogen (secondary N) is 1. The Hall–Kier alpha value is -0.770. The molecule has 0 aliphatic carbocycles. The molecule has 1 heterocycles. The predicted molar refractivity (Wildman–Crippen MR) is 64.0 cm³/mol. The molecule has 0 saturated heterocycles. The highest BCUT2D eigenvalue weighted by atomic mass is 79.9. The Labute approximate surface area is 101 Å². The van der Waals surface area contributed by atoms with Crippen molar-refractivity contribution in [1.29, 1.82) is 0 Å². The molecule has 2 rings (SSSR count). The largest absolute Gasteiger partial charge is 0.384 e. The Balaban J connectivity index is 2.37. The van der Waals surface area contributed by atoms with Gasteiger partial charge in [0.05, 0.1) is 0 Å². The first-order valence-electron chi connectivity index (χ1n) is 4.43. The van der Waals surface area contributed by atoms with Gasteiger partial charge in [0.1, 0.15) is 6.10 Å². The summed E-state index contributed by atoms with van der Waals surface area (Å²) in [6, 6.07) is 7.22. The first kappa shape index (κ1) is 10.7. The Morgan fingerprint density at radius 1 is 1.27 bits per heavy atom. The maximum Gasteiger partial charge on any atom is 0.106 e. The molecule has 0 amide bonds. The van der Waals surface area contributed by atoms with Crippen LogP contribution < -0.4 is 0 Å². The molecule has 15 heavy (non-hydrogen) atoms. The first-order chi connectivity index (χ1) is 7.16. The number of hydrogen-bond donors (Lipinski definition) is 2. The monoisotopic (exact) mass is 285 g/mol. The van der Waals surface area contributed by atoms with Crippen LogP contribution in [0.5, 0.6) is 0 Å². The highest BCUT2D eigenvalue weighted by molar-refractivity contribution is 9.10. The van der Waals surface area contributed by atoms with Gasteiger partial charge in [-0.1, -0.05) is 27.5 Å². The van der Waals surface area contributed by atoms with E-state index in [0.29, 0.717) is 5.02 Å². The molecular weight excluding hydrogens is 277 g/mol. The second kappa shape index (κ2) is 4.39. The summed E-state index contributed by atoms with van der Waals surface area (Å²) in [5.41, 5.74) is 1.60. The molecule has 0 fully saturated rings. The minimum Gasteiger partial charge on any atom is -0.384 e. The molecule has 0 aliphatic rings. The highest BCUT2D eigenvalue weighted by Crippen LogP contribution is 2.27. The zero-order valence-electron chi connectivity index (χ0n) is 7.74. The summed E-state index contributed by atoms with van der Waals surface area (Å²) >= 11 is 9.25. The van der Waals surface area contributed by atoms with E-state index in [0.717, 1.165) is 15.6 Å². The number of rotatable bonds is 2. The zero-order valence-corrected chi connectivity index (χ0v) is 10.1. The van der Waals surface area contributed by atoms with Crippen molar-refractivity contribution in [1.82, 2.24) is 4.98 Å². The van der Waals surface area contributed by atoms with Crippen molar-refractivity contribution in [2.75, 3.05) is 0 Å². The fourth-order valence-corrected chi connectivity index (χ4v) is 2.32. The maximum atomic E-state index is 10.0. The summed E-state index contributed by atoms with van der Waals surface area (Å²) in [4.78, 5) is 2.90. The lowest BCUT2D eigenvalue weighted by molar-refractivity contribution is 0.220. The number of aliphatic hydroxyl groups is 1. The molecule has 1 unspecified atom stereocenters. The minimum absolute atomic E-state index is 0.606. The van der Waals surface area contributed by atoms with Gasteiger partial charge < -0.3 is 10.1 Å². The van der Waals surface area contributed by atoms with Crippen LogP contribution in [0.1, 0.15) is 17.2 Å². The molecule has 0 aliphatic heterocycles. The van der Waals surface area contributed by atoms with E-state index in [-0.39, 0.29) is 0 Å². The SMILES string of the molecule is OC(c1cc[nH]c1)c1cc(Cl)cc(Br)c1. The lowest BCUT2D eigenvalue weighted by atomic mass is 10.0. The molecule has 1 aromatic heterocycles. The molecular formula is C11H9BrClNO. The van der Waals surface area contributed by atoms with E-state index in [9.17, 15) is 5.11 Å². The molecule has 0 spiro atoms. The molecule has 0 saturated carbocycles. The smallest absolute Gasteiger partial charge is 0.106 e. The fourth-order valence-electron chi connectivity index (χ4n) is 1.43. The van der Waals surface area contributed by atoms with Crippen molar-refractivity contribution in [3.8, 4) is 0 Å². The van der Waals surface area contributed by atoms with Crippen molar-refractivity contribution in [2.45, 2.75) is 6.10 Å². The van der Waals surface area contributed by atoms with Gasteiger partial charge in [-0.2, -0.15) is 0 Å². The number of hydrogen-bond acceptors (Lipinski definition) is 1. The molecule has 2 aromatic rings. The summed E-state index contributed by atoms with van der Waals surface area (Å²) in [5, 5.41) is 10.6. The number of aliphatic hydroxyl groups excluding tert-OH is 1. The van der Waals surface area contributed by atoms with E-state index in [2.05, 4.69) is 20.9 Å². The van der Waals surface area contributed by atoms with Crippen molar-refractivity contribution in [3.05, 3.63) is 57.3 Å². The second-order valence-corrected chi connectivity index (χ2v) is 4.60. The summed E-state index contributed by atoms with van der Waals surface area (Å²) in [7, 11) is 0. The third kappa shape index (κ3) is 2.43. The topological polar surface area (TPSA) is 36.0 Å². The minimum atomic E-state index is -0.647. The average molecular weight is 287 g/mol. The molecule has 1 atom stereocenters. The van der Waals surface area contributed by atoms with Crippen LogP contribution in [0.2, 0.25) is 5.02 Å². The summed E-state index contributed by atoms with van der Waals surface area (Å²) < 4.78 is 0.861. The maximum absolute atomic E-state index is 10.0. The van der Waals surface area contributed by atoms with Crippen LogP contribution in [0.4, 0.5) is 0 Å². The number of benzene rings is 1. The molecule has 2 nitrogen and oxygen atoms in total. The Morgan fingerprint density at radius 2 is 2.07 bits per heavy atom. The molecule has 0 bridgehead atoms. The Kier molecular flexibility index (Phi) is 3.14. The highest BCUT2D eigenvalue weighted by Gasteiger charge is 2.11. The Bertz CT molecular complexity index is 435. The van der Waals surface area contributed by atoms with Crippen molar-refractivity contribution >= 4 is 27.5 Å². The van der Waals surface area contributed by atoms with Crippen molar-refractivity contribution in [3.63, 3.8) is 0 Å². The number of H-pyrrole nitrogens is 1. The average Bonchev–Trinajstić information content (AvgIpc) is 2.67. The molecule has 2 N–H and O–H groups in total. The Morgan fingerprint density at radius 3 is 2.67 bits per heavy atom. The van der Waals surface area contributed by atoms with Crippen LogP contribution in [-0.4, -0.2) is 10.1 Å². The fraction of sp³-hybridized carbons (Fsp3) is 0.0909. The van der Waals surface area contributed by atoms with Crippen LogP contribution in [0.25, 0.3) is 0 Å². The normalized spacial score (nSPS) is 12.7. The van der Waals surface area contributed by atoms with Gasteiger partial charge >= 0.3 is 0 Å². The van der Waals surface area contributed by atoms with Gasteiger partial charge in [-0.15, -0.1) is 0 Å². The van der Waals surface area contributed by atoms with Gasteiger partial charge in [0, 0.05) is 27.5 Å². The van der Waals surface area contributed by atoms with Crippen LogP contribution in [0, 0.1) is 0 Å². The standard InChI is InChI=1S/C11H9BrClNO/c12-9-3-8(4-10(13)5-9)11(15)7-1-2-14-6-7/h1-6,11,14-15H. The van der Waals surface area contributed by atoms with Crippen LogP contribution in [0.15, 0.2) is 41.1 Å². The van der Waals surface area contributed by atoms with Crippen LogP contribution in [0.3, 0.4) is 0 Å². The van der Waals surface area contributed by atoms with Crippen LogP contribution >= 0.6 is 27.5 Å². The first-order valence-corrected chi connectivity index (χ1v) is 5.60. The number of halogens is 2. The van der Waals surface area contributed by atoms with E-state index in [1.54, 1.807) is 24.5 Å². The van der Waals surface area contributed by atoms with Gasteiger partial charge in [-0.05, 0) is 29.8 Å². The van der Waals surface area contributed by atoms with Gasteiger partial charge in [0.25, 0.3) is 0 Å². The van der Waals surface area contributed by atoms with E-state index in [1.807, 2.05) is 12.1 Å². The number of aromatic nitrogens is 1. The van der Waals surface area contributed by atoms with Crippen molar-refractivity contribution < 1.29 is 5.11 Å². The van der Waals surface area contributed by atoms with E-state index in [4.69, 9.17) is 11.6 Å². The van der Waals surface area contributed by atoms with Gasteiger partial charge in [0.15, 0.2) is 0 Å². The third-order valence-electron chi connectivity index (χ3n) is 2.14. The molecule has 4 heteroatoms. The van der Waals surface area contributed by atoms with Gasteiger partial charge in [0.2, 0.25) is 0 Å². The van der Waals surface area contributed by atoms with E-state index in [1.165, 1.54) is 0 Å². The lowest BCUT2D eigenvalue weighted by Crippen LogP contribution is -1.97. The quantitative estimate of drug-likeness (QED) is 0.871. The molecule has 1 aromatic carbocycles. The number of aromatic amines is 1. The third-order valence-corrected chi connectivity index (χ3v) is 2.81. The zero-order chi connectivity index (χ0) is 10.8.